The lowest BCUT2D eigenvalue weighted by molar-refractivity contribution is -0.118. The SMILES string of the molecule is COc1ncc(Cn2cc(CCc3cc4c(c(C)n3)NC(=O)[C@H](C(C)C)N4C)cn2)cc1F.S. The lowest BCUT2D eigenvalue weighted by atomic mass is 9.97. The first-order valence-electron chi connectivity index (χ1n) is 11.0. The van der Waals surface area contributed by atoms with E-state index >= 15 is 0 Å². The second-order valence-electron chi connectivity index (χ2n) is 8.76. The molecule has 1 amide bonds. The standard InChI is InChI=1S/C24H29FN6O2.H2S/c1-14(2)22-23(32)29-21-15(3)28-18(9-20(21)30(22)4)7-6-16-11-27-31(12-16)13-17-8-19(25)24(33-5)26-10-17;/h8-12,14,22H,6-7,13H2,1-5H3,(H,29,32);1H2/t22-;/m0./s1. The summed E-state index contributed by atoms with van der Waals surface area (Å²) < 4.78 is 20.5. The van der Waals surface area contributed by atoms with Gasteiger partial charge in [0.05, 0.1) is 36.9 Å². The summed E-state index contributed by atoms with van der Waals surface area (Å²) in [5, 5.41) is 7.43. The van der Waals surface area contributed by atoms with Crippen LogP contribution in [0.4, 0.5) is 15.8 Å². The topological polar surface area (TPSA) is 85.2 Å². The molecule has 1 atom stereocenters. The van der Waals surface area contributed by atoms with Crippen molar-refractivity contribution in [2.24, 2.45) is 5.92 Å². The van der Waals surface area contributed by atoms with Gasteiger partial charge in [-0.05, 0) is 48.9 Å². The summed E-state index contributed by atoms with van der Waals surface area (Å²) in [6.45, 7) is 6.45. The number of aryl methyl sites for hydroxylation is 3. The molecule has 0 aromatic carbocycles. The van der Waals surface area contributed by atoms with Crippen molar-refractivity contribution in [2.75, 3.05) is 24.4 Å². The number of likely N-dealkylation sites (N-methyl/N-ethyl adjacent to an activating group) is 1. The van der Waals surface area contributed by atoms with E-state index in [1.54, 1.807) is 10.9 Å². The largest absolute Gasteiger partial charge is 0.479 e. The number of ether oxygens (including phenoxy) is 1. The van der Waals surface area contributed by atoms with Crippen LogP contribution in [0, 0.1) is 18.7 Å². The Balaban J connectivity index is 0.00000324. The maximum atomic E-state index is 13.9. The number of carbonyl (C=O) groups is 1. The first-order valence-corrected chi connectivity index (χ1v) is 11.0. The number of halogens is 1. The van der Waals surface area contributed by atoms with Crippen LogP contribution in [0.3, 0.4) is 0 Å². The molecule has 4 heterocycles. The summed E-state index contributed by atoms with van der Waals surface area (Å²) in [6.07, 6.45) is 6.87. The molecule has 0 aliphatic carbocycles. The van der Waals surface area contributed by atoms with Crippen molar-refractivity contribution in [1.82, 2.24) is 19.7 Å². The molecule has 0 bridgehead atoms. The molecule has 0 spiro atoms. The van der Waals surface area contributed by atoms with Crippen LogP contribution in [0.15, 0.2) is 30.7 Å². The number of nitrogens with one attached hydrogen (secondary N) is 1. The third-order valence-corrected chi connectivity index (χ3v) is 5.94. The molecule has 1 aliphatic heterocycles. The number of pyridine rings is 2. The molecule has 8 nitrogen and oxygen atoms in total. The van der Waals surface area contributed by atoms with Gasteiger partial charge in [-0.1, -0.05) is 13.8 Å². The van der Waals surface area contributed by atoms with Gasteiger partial charge in [0.1, 0.15) is 6.04 Å². The van der Waals surface area contributed by atoms with Gasteiger partial charge in [-0.25, -0.2) is 9.37 Å². The number of carbonyl (C=O) groups excluding carboxylic acids is 1. The van der Waals surface area contributed by atoms with Crippen LogP contribution in [0.2, 0.25) is 0 Å². The summed E-state index contributed by atoms with van der Waals surface area (Å²) in [5.74, 6) is -0.299. The first kappa shape index (κ1) is 25.5. The number of rotatable bonds is 7. The van der Waals surface area contributed by atoms with Crippen LogP contribution in [-0.2, 0) is 24.2 Å². The van der Waals surface area contributed by atoms with Crippen LogP contribution in [0.1, 0.15) is 36.4 Å². The van der Waals surface area contributed by atoms with Gasteiger partial charge >= 0.3 is 0 Å². The number of anilines is 2. The van der Waals surface area contributed by atoms with E-state index in [-0.39, 0.29) is 37.2 Å². The van der Waals surface area contributed by atoms with E-state index in [4.69, 9.17) is 9.72 Å². The molecule has 3 aromatic rings. The Morgan fingerprint density at radius 2 is 1.97 bits per heavy atom. The molecule has 0 saturated carbocycles. The molecule has 10 heteroatoms. The Morgan fingerprint density at radius 1 is 1.21 bits per heavy atom. The predicted molar refractivity (Wildman–Crippen MR) is 134 cm³/mol. The van der Waals surface area contributed by atoms with Crippen LogP contribution in [-0.4, -0.2) is 45.9 Å². The molecule has 1 N–H and O–H groups in total. The van der Waals surface area contributed by atoms with E-state index in [9.17, 15) is 9.18 Å². The predicted octanol–water partition coefficient (Wildman–Crippen LogP) is 3.49. The fraction of sp³-hybridized carbons (Fsp3) is 0.417. The molecular weight excluding hydrogens is 455 g/mol. The Morgan fingerprint density at radius 3 is 2.65 bits per heavy atom. The van der Waals surface area contributed by atoms with E-state index in [1.165, 1.54) is 13.2 Å². The van der Waals surface area contributed by atoms with E-state index in [0.717, 1.165) is 41.2 Å². The number of fused-ring (bicyclic) bond motifs is 1. The minimum absolute atomic E-state index is 0. The van der Waals surface area contributed by atoms with Gasteiger partial charge in [-0.3, -0.25) is 14.5 Å². The highest BCUT2D eigenvalue weighted by atomic mass is 32.1. The maximum Gasteiger partial charge on any atom is 0.250 e. The Hall–Kier alpha value is -3.14. The normalized spacial score (nSPS) is 15.1. The molecule has 182 valence electrons. The van der Waals surface area contributed by atoms with Gasteiger partial charge in [-0.2, -0.15) is 18.6 Å². The van der Waals surface area contributed by atoms with Crippen LogP contribution >= 0.6 is 13.5 Å². The lowest BCUT2D eigenvalue weighted by Crippen LogP contribution is -2.49. The Kier molecular flexibility index (Phi) is 7.81. The summed E-state index contributed by atoms with van der Waals surface area (Å²) in [5.41, 5.74) is 5.34. The van der Waals surface area contributed by atoms with Gasteiger partial charge in [0, 0.05) is 25.1 Å². The molecule has 0 saturated heterocycles. The zero-order chi connectivity index (χ0) is 23.7. The minimum atomic E-state index is -0.489. The Labute approximate surface area is 206 Å². The third kappa shape index (κ3) is 5.16. The van der Waals surface area contributed by atoms with Crippen molar-refractivity contribution in [2.45, 2.75) is 46.2 Å². The second kappa shape index (κ2) is 10.4. The summed E-state index contributed by atoms with van der Waals surface area (Å²) in [4.78, 5) is 23.3. The second-order valence-corrected chi connectivity index (χ2v) is 8.76. The molecule has 4 rings (SSSR count). The minimum Gasteiger partial charge on any atom is -0.479 e. The molecule has 34 heavy (non-hydrogen) atoms. The lowest BCUT2D eigenvalue weighted by Gasteiger charge is -2.38. The van der Waals surface area contributed by atoms with Gasteiger partial charge in [0.15, 0.2) is 5.82 Å². The van der Waals surface area contributed by atoms with Gasteiger partial charge in [-0.15, -0.1) is 0 Å². The fourth-order valence-electron chi connectivity index (χ4n) is 4.34. The van der Waals surface area contributed by atoms with Gasteiger partial charge < -0.3 is 15.0 Å². The molecule has 3 aromatic heterocycles. The Bertz CT molecular complexity index is 1180. The van der Waals surface area contributed by atoms with Crippen molar-refractivity contribution in [1.29, 1.82) is 0 Å². The van der Waals surface area contributed by atoms with Gasteiger partial charge in [0.2, 0.25) is 11.8 Å². The molecule has 1 aliphatic rings. The molecule has 0 fully saturated rings. The molecular formula is C24H31FN6O2S. The average molecular weight is 487 g/mol. The van der Waals surface area contributed by atoms with Crippen molar-refractivity contribution in [3.8, 4) is 5.88 Å². The number of amides is 1. The monoisotopic (exact) mass is 486 g/mol. The summed E-state index contributed by atoms with van der Waals surface area (Å²) in [6, 6.07) is 3.27. The van der Waals surface area contributed by atoms with Crippen LogP contribution in [0.5, 0.6) is 5.88 Å². The average Bonchev–Trinajstić information content (AvgIpc) is 3.20. The quantitative estimate of drug-likeness (QED) is 0.550. The van der Waals surface area contributed by atoms with Crippen molar-refractivity contribution in [3.05, 3.63) is 59.1 Å². The zero-order valence-corrected chi connectivity index (χ0v) is 21.1. The number of hydrogen-bond donors (Lipinski definition) is 1. The van der Waals surface area contributed by atoms with Crippen LogP contribution in [0.25, 0.3) is 0 Å². The van der Waals surface area contributed by atoms with E-state index in [1.807, 2.05) is 26.4 Å². The highest BCUT2D eigenvalue weighted by Gasteiger charge is 2.34. The maximum absolute atomic E-state index is 13.9. The highest BCUT2D eigenvalue weighted by Crippen LogP contribution is 2.35. The van der Waals surface area contributed by atoms with E-state index in [2.05, 4.69) is 40.2 Å². The number of aromatic nitrogens is 4. The number of nitrogens with zero attached hydrogens (tertiary/aromatic N) is 5. The summed E-state index contributed by atoms with van der Waals surface area (Å²) >= 11 is 0. The number of methoxy groups -OCH3 is 1. The smallest absolute Gasteiger partial charge is 0.250 e. The van der Waals surface area contributed by atoms with Crippen molar-refractivity contribution < 1.29 is 13.9 Å². The molecule has 0 radical (unpaired) electrons. The van der Waals surface area contributed by atoms with Crippen molar-refractivity contribution in [3.63, 3.8) is 0 Å². The van der Waals surface area contributed by atoms with Crippen molar-refractivity contribution >= 4 is 30.8 Å². The molecule has 0 unspecified atom stereocenters. The highest BCUT2D eigenvalue weighted by molar-refractivity contribution is 7.59. The summed E-state index contributed by atoms with van der Waals surface area (Å²) in [7, 11) is 3.35. The first-order chi connectivity index (χ1) is 15.8. The fourth-order valence-corrected chi connectivity index (χ4v) is 4.34. The van der Waals surface area contributed by atoms with E-state index < -0.39 is 5.82 Å². The van der Waals surface area contributed by atoms with E-state index in [0.29, 0.717) is 12.1 Å². The van der Waals surface area contributed by atoms with Gasteiger partial charge in [0.25, 0.3) is 0 Å². The zero-order valence-electron chi connectivity index (χ0n) is 20.1. The van der Waals surface area contributed by atoms with Crippen LogP contribution < -0.4 is 15.0 Å². The number of hydrogen-bond acceptors (Lipinski definition) is 6. The third-order valence-electron chi connectivity index (χ3n) is 5.94.